The summed E-state index contributed by atoms with van der Waals surface area (Å²) in [5.74, 6) is 0.559. The molecular formula is C19H23N5O4. The van der Waals surface area contributed by atoms with Gasteiger partial charge in [-0.05, 0) is 19.4 Å². The van der Waals surface area contributed by atoms with Crippen LogP contribution in [-0.2, 0) is 4.74 Å². The van der Waals surface area contributed by atoms with Crippen molar-refractivity contribution in [1.29, 1.82) is 0 Å². The lowest BCUT2D eigenvalue weighted by molar-refractivity contribution is -0.0511. The number of aliphatic hydroxyl groups excluding tert-OH is 3. The monoisotopic (exact) mass is 385 g/mol. The summed E-state index contributed by atoms with van der Waals surface area (Å²) in [7, 11) is 0. The molecule has 0 saturated carbocycles. The molecule has 1 aromatic carbocycles. The number of rotatable bonds is 5. The van der Waals surface area contributed by atoms with E-state index >= 15 is 0 Å². The largest absolute Gasteiger partial charge is 0.394 e. The van der Waals surface area contributed by atoms with Gasteiger partial charge in [-0.1, -0.05) is 29.8 Å². The van der Waals surface area contributed by atoms with Crippen molar-refractivity contribution in [2.75, 3.05) is 11.9 Å². The molecule has 0 spiro atoms. The van der Waals surface area contributed by atoms with Gasteiger partial charge in [-0.3, -0.25) is 4.57 Å². The second kappa shape index (κ2) is 7.44. The molecule has 0 bridgehead atoms. The van der Waals surface area contributed by atoms with Crippen LogP contribution in [0.25, 0.3) is 11.2 Å². The summed E-state index contributed by atoms with van der Waals surface area (Å²) in [5, 5.41) is 32.9. The van der Waals surface area contributed by atoms with E-state index in [1.807, 2.05) is 13.8 Å². The highest BCUT2D eigenvalue weighted by Crippen LogP contribution is 2.32. The minimum atomic E-state index is -1.20. The molecule has 1 fully saturated rings. The fraction of sp³-hybridized carbons (Fsp3) is 0.421. The highest BCUT2D eigenvalue weighted by Gasteiger charge is 2.44. The summed E-state index contributed by atoms with van der Waals surface area (Å²) >= 11 is 0. The molecule has 9 heteroatoms. The molecule has 28 heavy (non-hydrogen) atoms. The maximum absolute atomic E-state index is 10.3. The first kappa shape index (κ1) is 18.8. The van der Waals surface area contributed by atoms with Gasteiger partial charge in [0, 0.05) is 0 Å². The summed E-state index contributed by atoms with van der Waals surface area (Å²) in [4.78, 5) is 12.9. The van der Waals surface area contributed by atoms with Gasteiger partial charge >= 0.3 is 0 Å². The van der Waals surface area contributed by atoms with Crippen LogP contribution in [0.2, 0.25) is 0 Å². The van der Waals surface area contributed by atoms with E-state index < -0.39 is 31.1 Å². The third-order valence-corrected chi connectivity index (χ3v) is 5.08. The number of aliphatic hydroxyl groups is 3. The molecule has 2 aromatic heterocycles. The molecule has 4 rings (SSSR count). The molecule has 1 aliphatic heterocycles. The Morgan fingerprint density at radius 3 is 2.57 bits per heavy atom. The Morgan fingerprint density at radius 1 is 1.14 bits per heavy atom. The van der Waals surface area contributed by atoms with Crippen molar-refractivity contribution >= 4 is 17.0 Å². The van der Waals surface area contributed by atoms with Gasteiger partial charge in [0.15, 0.2) is 23.2 Å². The van der Waals surface area contributed by atoms with Gasteiger partial charge in [0.2, 0.25) is 0 Å². The van der Waals surface area contributed by atoms with Crippen molar-refractivity contribution in [2.24, 2.45) is 0 Å². The fourth-order valence-electron chi connectivity index (χ4n) is 3.40. The highest BCUT2D eigenvalue weighted by atomic mass is 16.6. The topological polar surface area (TPSA) is 126 Å². The van der Waals surface area contributed by atoms with Gasteiger partial charge in [-0.2, -0.15) is 0 Å². The number of hydrogen-bond acceptors (Lipinski definition) is 8. The molecule has 1 saturated heterocycles. The Morgan fingerprint density at radius 2 is 1.89 bits per heavy atom. The van der Waals surface area contributed by atoms with Crippen molar-refractivity contribution in [3.05, 3.63) is 48.0 Å². The average Bonchev–Trinajstić information content (AvgIpc) is 3.24. The first-order valence-electron chi connectivity index (χ1n) is 9.12. The minimum Gasteiger partial charge on any atom is -0.394 e. The molecular weight excluding hydrogens is 362 g/mol. The van der Waals surface area contributed by atoms with E-state index in [0.717, 1.165) is 5.56 Å². The number of aromatic nitrogens is 4. The lowest BCUT2D eigenvalue weighted by Crippen LogP contribution is -2.33. The number of hydrogen-bond donors (Lipinski definition) is 4. The molecule has 148 valence electrons. The molecule has 3 heterocycles. The molecule has 0 amide bonds. The van der Waals surface area contributed by atoms with Gasteiger partial charge in [0.1, 0.15) is 24.6 Å². The molecule has 3 aromatic rings. The van der Waals surface area contributed by atoms with Crippen LogP contribution in [0.4, 0.5) is 5.82 Å². The third kappa shape index (κ3) is 3.22. The lowest BCUT2D eigenvalue weighted by atomic mass is 10.1. The average molecular weight is 385 g/mol. The van der Waals surface area contributed by atoms with E-state index in [-0.39, 0.29) is 6.04 Å². The van der Waals surface area contributed by atoms with Gasteiger partial charge < -0.3 is 25.4 Å². The van der Waals surface area contributed by atoms with Crippen molar-refractivity contribution in [3.63, 3.8) is 0 Å². The molecule has 0 radical (unpaired) electrons. The van der Waals surface area contributed by atoms with Crippen molar-refractivity contribution < 1.29 is 20.1 Å². The van der Waals surface area contributed by atoms with Gasteiger partial charge in [0.05, 0.1) is 19.0 Å². The van der Waals surface area contributed by atoms with E-state index in [0.29, 0.717) is 17.0 Å². The number of benzene rings is 1. The summed E-state index contributed by atoms with van der Waals surface area (Å²) in [6.45, 7) is 3.68. The smallest absolute Gasteiger partial charge is 0.167 e. The zero-order valence-electron chi connectivity index (χ0n) is 15.6. The second-order valence-electron chi connectivity index (χ2n) is 7.05. The number of imidazole rings is 1. The number of ether oxygens (including phenoxy) is 1. The molecule has 4 N–H and O–H groups in total. The quantitative estimate of drug-likeness (QED) is 0.511. The van der Waals surface area contributed by atoms with Crippen LogP contribution >= 0.6 is 0 Å². The van der Waals surface area contributed by atoms with Crippen LogP contribution in [0, 0.1) is 6.92 Å². The molecule has 9 nitrogen and oxygen atoms in total. The number of nitrogens with one attached hydrogen (secondary N) is 1. The first-order valence-corrected chi connectivity index (χ1v) is 9.12. The summed E-state index contributed by atoms with van der Waals surface area (Å²) in [5.41, 5.74) is 3.29. The Labute approximate surface area is 161 Å². The molecule has 5 atom stereocenters. The molecule has 5 unspecified atom stereocenters. The zero-order valence-corrected chi connectivity index (χ0v) is 15.6. The van der Waals surface area contributed by atoms with E-state index in [1.165, 1.54) is 18.2 Å². The summed E-state index contributed by atoms with van der Waals surface area (Å²) in [6, 6.07) is 8.23. The Hall–Kier alpha value is -2.59. The second-order valence-corrected chi connectivity index (χ2v) is 7.05. The highest BCUT2D eigenvalue weighted by molar-refractivity contribution is 5.82. The van der Waals surface area contributed by atoms with Gasteiger partial charge in [-0.15, -0.1) is 0 Å². The van der Waals surface area contributed by atoms with Crippen LogP contribution in [0.1, 0.15) is 30.3 Å². The van der Waals surface area contributed by atoms with Crippen molar-refractivity contribution in [3.8, 4) is 0 Å². The van der Waals surface area contributed by atoms with E-state index in [2.05, 4.69) is 44.5 Å². The molecule has 1 aliphatic rings. The predicted octanol–water partition coefficient (Wildman–Crippen LogP) is 0.919. The van der Waals surface area contributed by atoms with E-state index in [4.69, 9.17) is 4.74 Å². The number of aryl methyl sites for hydroxylation is 1. The Balaban J connectivity index is 1.63. The van der Waals surface area contributed by atoms with Gasteiger partial charge in [0.25, 0.3) is 0 Å². The SMILES string of the molecule is Cc1ccc(C(C)Nc2ncnc3c2ncn3C2OC(CO)C(O)C2O)cc1. The first-order chi connectivity index (χ1) is 13.5. The molecule has 0 aliphatic carbocycles. The summed E-state index contributed by atoms with van der Waals surface area (Å²) < 4.78 is 7.13. The zero-order chi connectivity index (χ0) is 19.8. The van der Waals surface area contributed by atoms with E-state index in [1.54, 1.807) is 4.57 Å². The van der Waals surface area contributed by atoms with Crippen LogP contribution in [0.15, 0.2) is 36.9 Å². The lowest BCUT2D eigenvalue weighted by Gasteiger charge is -2.17. The third-order valence-electron chi connectivity index (χ3n) is 5.08. The van der Waals surface area contributed by atoms with Crippen LogP contribution < -0.4 is 5.32 Å². The standard InChI is InChI=1S/C19H23N5O4/c1-10-3-5-12(6-4-10)11(2)23-17-14-18(21-8-20-17)24(9-22-14)19-16(27)15(26)13(7-25)28-19/h3-6,8-9,11,13,15-16,19,25-27H,7H2,1-2H3,(H,20,21,23). The van der Waals surface area contributed by atoms with Crippen molar-refractivity contribution in [2.45, 2.75) is 44.4 Å². The predicted molar refractivity (Wildman–Crippen MR) is 102 cm³/mol. The minimum absolute atomic E-state index is 0.00207. The normalized spacial score (nSPS) is 25.9. The summed E-state index contributed by atoms with van der Waals surface area (Å²) in [6.07, 6.45) is -1.25. The van der Waals surface area contributed by atoms with Crippen LogP contribution in [0.5, 0.6) is 0 Å². The number of fused-ring (bicyclic) bond motifs is 1. The Kier molecular flexibility index (Phi) is 4.98. The maximum atomic E-state index is 10.3. The van der Waals surface area contributed by atoms with E-state index in [9.17, 15) is 15.3 Å². The fourth-order valence-corrected chi connectivity index (χ4v) is 3.40. The number of nitrogens with zero attached hydrogens (tertiary/aromatic N) is 4. The van der Waals surface area contributed by atoms with Crippen LogP contribution in [0.3, 0.4) is 0 Å². The Bertz CT molecular complexity index is 961. The van der Waals surface area contributed by atoms with Gasteiger partial charge in [-0.25, -0.2) is 15.0 Å². The van der Waals surface area contributed by atoms with Crippen LogP contribution in [-0.4, -0.2) is 59.8 Å². The number of anilines is 1. The maximum Gasteiger partial charge on any atom is 0.167 e. The van der Waals surface area contributed by atoms with Crippen molar-refractivity contribution in [1.82, 2.24) is 19.5 Å².